The van der Waals surface area contributed by atoms with Gasteiger partial charge in [0.05, 0.1) is 19.0 Å². The van der Waals surface area contributed by atoms with E-state index in [0.717, 1.165) is 25.2 Å². The van der Waals surface area contributed by atoms with Crippen LogP contribution in [0.3, 0.4) is 0 Å². The van der Waals surface area contributed by atoms with Crippen LogP contribution in [-0.4, -0.2) is 19.8 Å². The first-order chi connectivity index (χ1) is 6.80. The molecule has 2 aliphatic rings. The predicted molar refractivity (Wildman–Crippen MR) is 55.9 cm³/mol. The Morgan fingerprint density at radius 2 is 2.43 bits per heavy atom. The van der Waals surface area contributed by atoms with E-state index in [2.05, 4.69) is 19.1 Å². The van der Waals surface area contributed by atoms with Crippen LogP contribution in [0, 0.1) is 5.41 Å². The van der Waals surface area contributed by atoms with Gasteiger partial charge < -0.3 is 9.47 Å². The van der Waals surface area contributed by atoms with Crippen molar-refractivity contribution < 1.29 is 9.47 Å². The van der Waals surface area contributed by atoms with Gasteiger partial charge in [0.15, 0.2) is 0 Å². The number of allylic oxidation sites excluding steroid dienone is 3. The SMILES string of the molecule is CCC1(C2CCO2)C=CC=C(OC)C1. The summed E-state index contributed by atoms with van der Waals surface area (Å²) >= 11 is 0. The minimum atomic E-state index is 0.193. The summed E-state index contributed by atoms with van der Waals surface area (Å²) in [6.45, 7) is 3.15. The van der Waals surface area contributed by atoms with Gasteiger partial charge in [0.2, 0.25) is 0 Å². The number of methoxy groups -OCH3 is 1. The van der Waals surface area contributed by atoms with Crippen molar-refractivity contribution in [2.75, 3.05) is 13.7 Å². The molecule has 1 heterocycles. The van der Waals surface area contributed by atoms with Crippen molar-refractivity contribution in [2.24, 2.45) is 5.41 Å². The van der Waals surface area contributed by atoms with Gasteiger partial charge in [-0.05, 0) is 18.9 Å². The zero-order valence-corrected chi connectivity index (χ0v) is 8.95. The van der Waals surface area contributed by atoms with Gasteiger partial charge in [-0.2, -0.15) is 0 Å². The lowest BCUT2D eigenvalue weighted by molar-refractivity contribution is -0.115. The van der Waals surface area contributed by atoms with Crippen LogP contribution in [0.4, 0.5) is 0 Å². The Balaban J connectivity index is 2.14. The highest BCUT2D eigenvalue weighted by Gasteiger charge is 2.41. The highest BCUT2D eigenvalue weighted by molar-refractivity contribution is 5.22. The van der Waals surface area contributed by atoms with Crippen LogP contribution in [0.5, 0.6) is 0 Å². The van der Waals surface area contributed by atoms with Crippen LogP contribution >= 0.6 is 0 Å². The lowest BCUT2D eigenvalue weighted by Gasteiger charge is -2.44. The molecule has 1 fully saturated rings. The fraction of sp³-hybridized carbons (Fsp3) is 0.667. The molecule has 0 aromatic carbocycles. The largest absolute Gasteiger partial charge is 0.501 e. The Kier molecular flexibility index (Phi) is 2.64. The van der Waals surface area contributed by atoms with Crippen LogP contribution < -0.4 is 0 Å². The van der Waals surface area contributed by atoms with Crippen molar-refractivity contribution in [1.29, 1.82) is 0 Å². The summed E-state index contributed by atoms with van der Waals surface area (Å²) in [4.78, 5) is 0. The fourth-order valence-corrected chi connectivity index (χ4v) is 2.31. The van der Waals surface area contributed by atoms with Gasteiger partial charge in [0, 0.05) is 18.4 Å². The van der Waals surface area contributed by atoms with E-state index in [1.54, 1.807) is 7.11 Å². The summed E-state index contributed by atoms with van der Waals surface area (Å²) in [6, 6.07) is 0. The highest BCUT2D eigenvalue weighted by atomic mass is 16.5. The standard InChI is InChI=1S/C12H18O2/c1-3-12(11-6-8-14-11)7-4-5-10(9-12)13-2/h4-5,7,11H,3,6,8-9H2,1-2H3. The van der Waals surface area contributed by atoms with Crippen LogP contribution in [0.2, 0.25) is 0 Å². The summed E-state index contributed by atoms with van der Waals surface area (Å²) in [6.07, 6.45) is 10.1. The van der Waals surface area contributed by atoms with Crippen molar-refractivity contribution in [3.8, 4) is 0 Å². The van der Waals surface area contributed by atoms with Crippen molar-refractivity contribution in [3.63, 3.8) is 0 Å². The van der Waals surface area contributed by atoms with E-state index in [0.29, 0.717) is 6.10 Å². The second-order valence-corrected chi connectivity index (χ2v) is 4.11. The first kappa shape index (κ1) is 9.78. The van der Waals surface area contributed by atoms with E-state index in [9.17, 15) is 0 Å². The number of ether oxygens (including phenoxy) is 2. The first-order valence-electron chi connectivity index (χ1n) is 5.35. The predicted octanol–water partition coefficient (Wildman–Crippen LogP) is 2.66. The van der Waals surface area contributed by atoms with E-state index in [4.69, 9.17) is 9.47 Å². The van der Waals surface area contributed by atoms with Crippen LogP contribution in [-0.2, 0) is 9.47 Å². The first-order valence-corrected chi connectivity index (χ1v) is 5.35. The smallest absolute Gasteiger partial charge is 0.0965 e. The third kappa shape index (κ3) is 1.48. The van der Waals surface area contributed by atoms with E-state index in [-0.39, 0.29) is 5.41 Å². The molecular weight excluding hydrogens is 176 g/mol. The van der Waals surface area contributed by atoms with Gasteiger partial charge in [-0.15, -0.1) is 0 Å². The molecule has 2 atom stereocenters. The molecule has 14 heavy (non-hydrogen) atoms. The van der Waals surface area contributed by atoms with E-state index >= 15 is 0 Å². The lowest BCUT2D eigenvalue weighted by Crippen LogP contribution is -2.43. The zero-order chi connectivity index (χ0) is 10.0. The summed E-state index contributed by atoms with van der Waals surface area (Å²) in [5.74, 6) is 1.07. The van der Waals surface area contributed by atoms with Gasteiger partial charge in [-0.1, -0.05) is 19.1 Å². The maximum atomic E-state index is 5.62. The van der Waals surface area contributed by atoms with Crippen LogP contribution in [0.15, 0.2) is 24.0 Å². The van der Waals surface area contributed by atoms with Gasteiger partial charge in [0.25, 0.3) is 0 Å². The Morgan fingerprint density at radius 3 is 2.93 bits per heavy atom. The van der Waals surface area contributed by atoms with E-state index in [1.165, 1.54) is 6.42 Å². The third-order valence-electron chi connectivity index (χ3n) is 3.47. The minimum Gasteiger partial charge on any atom is -0.501 e. The van der Waals surface area contributed by atoms with Crippen molar-refractivity contribution in [1.82, 2.24) is 0 Å². The molecule has 0 aromatic heterocycles. The number of rotatable bonds is 3. The van der Waals surface area contributed by atoms with Crippen LogP contribution in [0.1, 0.15) is 26.2 Å². The molecule has 0 saturated carbocycles. The molecule has 1 saturated heterocycles. The average Bonchev–Trinajstić information content (AvgIpc) is 2.15. The molecule has 2 heteroatoms. The second kappa shape index (κ2) is 3.77. The quantitative estimate of drug-likeness (QED) is 0.687. The summed E-state index contributed by atoms with van der Waals surface area (Å²) in [5.41, 5.74) is 0.193. The molecule has 2 nitrogen and oxygen atoms in total. The lowest BCUT2D eigenvalue weighted by atomic mass is 9.71. The van der Waals surface area contributed by atoms with Gasteiger partial charge >= 0.3 is 0 Å². The van der Waals surface area contributed by atoms with Gasteiger partial charge in [-0.3, -0.25) is 0 Å². The number of hydrogen-bond acceptors (Lipinski definition) is 2. The molecule has 0 bridgehead atoms. The molecule has 1 aliphatic carbocycles. The molecule has 78 valence electrons. The molecule has 0 aromatic rings. The van der Waals surface area contributed by atoms with Gasteiger partial charge in [0.1, 0.15) is 0 Å². The van der Waals surface area contributed by atoms with Crippen molar-refractivity contribution in [3.05, 3.63) is 24.0 Å². The molecule has 0 N–H and O–H groups in total. The summed E-state index contributed by atoms with van der Waals surface area (Å²) in [5, 5.41) is 0. The van der Waals surface area contributed by atoms with Crippen molar-refractivity contribution >= 4 is 0 Å². The topological polar surface area (TPSA) is 18.5 Å². The molecular formula is C12H18O2. The monoisotopic (exact) mass is 194 g/mol. The number of hydrogen-bond donors (Lipinski definition) is 0. The van der Waals surface area contributed by atoms with Crippen molar-refractivity contribution in [2.45, 2.75) is 32.3 Å². The second-order valence-electron chi connectivity index (χ2n) is 4.11. The Hall–Kier alpha value is -0.760. The van der Waals surface area contributed by atoms with E-state index in [1.807, 2.05) is 6.08 Å². The maximum absolute atomic E-state index is 5.62. The molecule has 2 unspecified atom stereocenters. The highest BCUT2D eigenvalue weighted by Crippen LogP contribution is 2.43. The summed E-state index contributed by atoms with van der Waals surface area (Å²) < 4.78 is 10.9. The Morgan fingerprint density at radius 1 is 1.64 bits per heavy atom. The summed E-state index contributed by atoms with van der Waals surface area (Å²) in [7, 11) is 1.74. The molecule has 0 radical (unpaired) electrons. The molecule has 0 amide bonds. The fourth-order valence-electron chi connectivity index (χ4n) is 2.31. The average molecular weight is 194 g/mol. The normalized spacial score (nSPS) is 36.1. The zero-order valence-electron chi connectivity index (χ0n) is 8.95. The Labute approximate surface area is 85.6 Å². The molecule has 2 rings (SSSR count). The Bertz CT molecular complexity index is 263. The molecule has 0 spiro atoms. The van der Waals surface area contributed by atoms with E-state index < -0.39 is 0 Å². The van der Waals surface area contributed by atoms with Gasteiger partial charge in [-0.25, -0.2) is 0 Å². The van der Waals surface area contributed by atoms with Crippen LogP contribution in [0.25, 0.3) is 0 Å². The third-order valence-corrected chi connectivity index (χ3v) is 3.47. The minimum absolute atomic E-state index is 0.193. The maximum Gasteiger partial charge on any atom is 0.0965 e. The molecule has 1 aliphatic heterocycles.